The zero-order chi connectivity index (χ0) is 24.9. The van der Waals surface area contributed by atoms with E-state index in [2.05, 4.69) is 4.90 Å². The van der Waals surface area contributed by atoms with Crippen molar-refractivity contribution in [1.29, 1.82) is 0 Å². The molecule has 1 aliphatic heterocycles. The molecule has 1 saturated heterocycles. The summed E-state index contributed by atoms with van der Waals surface area (Å²) >= 11 is 0. The average Bonchev–Trinajstić information content (AvgIpc) is 2.74. The second-order valence-corrected chi connectivity index (χ2v) is 8.73. The second-order valence-electron chi connectivity index (χ2n) is 8.73. The lowest BCUT2D eigenvalue weighted by atomic mass is 10.2. The largest absolute Gasteiger partial charge is 0.480 e. The first-order valence-corrected chi connectivity index (χ1v) is 11.6. The molecule has 0 spiro atoms. The van der Waals surface area contributed by atoms with E-state index in [0.717, 1.165) is 18.5 Å². The van der Waals surface area contributed by atoms with Gasteiger partial charge in [-0.05, 0) is 37.1 Å². The summed E-state index contributed by atoms with van der Waals surface area (Å²) in [7, 11) is 0. The number of carboxylic acid groups (broad SMARTS) is 3. The van der Waals surface area contributed by atoms with Crippen LogP contribution in [-0.2, 0) is 20.9 Å². The number of hydrogen-bond donors (Lipinski definition) is 4. The van der Waals surface area contributed by atoms with E-state index in [-0.39, 0.29) is 19.6 Å². The molecule has 0 aliphatic carbocycles. The van der Waals surface area contributed by atoms with Crippen LogP contribution in [0.25, 0.3) is 0 Å². The molecule has 34 heavy (non-hydrogen) atoms. The minimum atomic E-state index is -0.938. The van der Waals surface area contributed by atoms with E-state index in [1.165, 1.54) is 0 Å². The highest BCUT2D eigenvalue weighted by Crippen LogP contribution is 2.10. The standard InChI is InChI=1S/C23H37N5O6/c24-20-5-3-19(4-6-20)15-25-7-1-8-27(17-22(31)32)13-14-28(18-23(33)34)10-2-9-26(12-11-25)16-21(29)30/h3-6H,1-2,7-18,24H2,(H,29,30)(H,31,32)(H,33,34). The number of nitrogens with two attached hydrogens (primary N) is 1. The van der Waals surface area contributed by atoms with Crippen molar-refractivity contribution in [2.24, 2.45) is 0 Å². The van der Waals surface area contributed by atoms with Crippen LogP contribution in [0.1, 0.15) is 18.4 Å². The lowest BCUT2D eigenvalue weighted by Gasteiger charge is -2.31. The van der Waals surface area contributed by atoms with Crippen LogP contribution in [0.3, 0.4) is 0 Å². The van der Waals surface area contributed by atoms with Crippen molar-refractivity contribution in [2.45, 2.75) is 19.4 Å². The summed E-state index contributed by atoms with van der Waals surface area (Å²) in [5, 5.41) is 27.9. The highest BCUT2D eigenvalue weighted by molar-refractivity contribution is 5.69. The molecule has 190 valence electrons. The van der Waals surface area contributed by atoms with E-state index in [1.54, 1.807) is 4.90 Å². The predicted molar refractivity (Wildman–Crippen MR) is 128 cm³/mol. The first kappa shape index (κ1) is 27.5. The number of rotatable bonds is 8. The number of nitrogen functional groups attached to an aromatic ring is 1. The summed E-state index contributed by atoms with van der Waals surface area (Å²) in [6, 6.07) is 7.66. The van der Waals surface area contributed by atoms with Gasteiger partial charge in [-0.15, -0.1) is 0 Å². The molecule has 2 rings (SSSR count). The first-order valence-electron chi connectivity index (χ1n) is 11.6. The lowest BCUT2D eigenvalue weighted by molar-refractivity contribution is -0.140. The third-order valence-electron chi connectivity index (χ3n) is 5.82. The molecule has 11 heteroatoms. The van der Waals surface area contributed by atoms with E-state index >= 15 is 0 Å². The third kappa shape index (κ3) is 11.4. The number of anilines is 1. The molecular weight excluding hydrogens is 442 g/mol. The SMILES string of the molecule is Nc1ccc(CN2CCCN(CC(=O)O)CCN(CC(=O)O)CCCN(CC(=O)O)CC2)cc1. The number of nitrogens with zero attached hydrogens (tertiary/aromatic N) is 4. The van der Waals surface area contributed by atoms with Crippen LogP contribution in [0, 0.1) is 0 Å². The maximum atomic E-state index is 11.4. The van der Waals surface area contributed by atoms with Gasteiger partial charge in [-0.2, -0.15) is 0 Å². The minimum absolute atomic E-state index is 0.0684. The molecule has 1 aromatic carbocycles. The van der Waals surface area contributed by atoms with Gasteiger partial charge in [0.1, 0.15) is 0 Å². The molecule has 1 heterocycles. The van der Waals surface area contributed by atoms with Crippen LogP contribution in [0.15, 0.2) is 24.3 Å². The Morgan fingerprint density at radius 3 is 1.35 bits per heavy atom. The Labute approximate surface area is 200 Å². The van der Waals surface area contributed by atoms with Gasteiger partial charge in [0.05, 0.1) is 19.6 Å². The van der Waals surface area contributed by atoms with Gasteiger partial charge in [-0.25, -0.2) is 0 Å². The van der Waals surface area contributed by atoms with Crippen molar-refractivity contribution < 1.29 is 29.7 Å². The third-order valence-corrected chi connectivity index (χ3v) is 5.82. The van der Waals surface area contributed by atoms with E-state index in [0.29, 0.717) is 64.5 Å². The number of carboxylic acids is 3. The molecule has 0 bridgehead atoms. The van der Waals surface area contributed by atoms with E-state index in [4.69, 9.17) is 5.73 Å². The highest BCUT2D eigenvalue weighted by atomic mass is 16.4. The minimum Gasteiger partial charge on any atom is -0.480 e. The average molecular weight is 480 g/mol. The van der Waals surface area contributed by atoms with Crippen LogP contribution < -0.4 is 5.73 Å². The van der Waals surface area contributed by atoms with Gasteiger partial charge in [0.15, 0.2) is 0 Å². The summed E-state index contributed by atoms with van der Waals surface area (Å²) in [6.07, 6.45) is 1.36. The Kier molecular flexibility index (Phi) is 11.7. The Morgan fingerprint density at radius 1 is 0.618 bits per heavy atom. The fraction of sp³-hybridized carbons (Fsp3) is 0.609. The molecule has 0 saturated carbocycles. The number of benzene rings is 1. The molecule has 1 aliphatic rings. The fourth-order valence-corrected chi connectivity index (χ4v) is 4.14. The van der Waals surface area contributed by atoms with Gasteiger partial charge in [-0.1, -0.05) is 12.1 Å². The van der Waals surface area contributed by atoms with E-state index in [1.807, 2.05) is 34.1 Å². The molecule has 1 fully saturated rings. The Hall–Kier alpha value is -2.73. The Morgan fingerprint density at radius 2 is 0.971 bits per heavy atom. The summed E-state index contributed by atoms with van der Waals surface area (Å²) in [5.74, 6) is -2.74. The summed E-state index contributed by atoms with van der Waals surface area (Å²) in [4.78, 5) is 41.8. The first-order chi connectivity index (χ1) is 16.2. The lowest BCUT2D eigenvalue weighted by Crippen LogP contribution is -2.44. The number of carbonyl (C=O) groups is 3. The molecule has 1 aromatic rings. The smallest absolute Gasteiger partial charge is 0.317 e. The van der Waals surface area contributed by atoms with E-state index < -0.39 is 17.9 Å². The van der Waals surface area contributed by atoms with Crippen LogP contribution >= 0.6 is 0 Å². The van der Waals surface area contributed by atoms with Gasteiger partial charge >= 0.3 is 17.9 Å². The topological polar surface area (TPSA) is 151 Å². The van der Waals surface area contributed by atoms with Crippen LogP contribution in [0.5, 0.6) is 0 Å². The monoisotopic (exact) mass is 479 g/mol. The van der Waals surface area contributed by atoms with Crippen LogP contribution in [0.2, 0.25) is 0 Å². The molecule has 0 unspecified atom stereocenters. The predicted octanol–water partition coefficient (Wildman–Crippen LogP) is 0.0244. The zero-order valence-electron chi connectivity index (χ0n) is 19.6. The molecule has 11 nitrogen and oxygen atoms in total. The summed E-state index contributed by atoms with van der Waals surface area (Å²) < 4.78 is 0. The fourth-order valence-electron chi connectivity index (χ4n) is 4.14. The summed E-state index contributed by atoms with van der Waals surface area (Å²) in [6.45, 7) is 4.85. The van der Waals surface area contributed by atoms with Gasteiger partial charge in [0, 0.05) is 58.0 Å². The van der Waals surface area contributed by atoms with Crippen molar-refractivity contribution in [1.82, 2.24) is 19.6 Å². The molecular formula is C23H37N5O6. The van der Waals surface area contributed by atoms with Crippen LogP contribution in [-0.4, -0.2) is 125 Å². The number of hydrogen-bond acceptors (Lipinski definition) is 8. The maximum absolute atomic E-state index is 11.4. The van der Waals surface area contributed by atoms with E-state index in [9.17, 15) is 29.7 Å². The molecule has 0 atom stereocenters. The highest BCUT2D eigenvalue weighted by Gasteiger charge is 2.18. The van der Waals surface area contributed by atoms with Crippen molar-refractivity contribution in [3.8, 4) is 0 Å². The Balaban J connectivity index is 2.12. The quantitative estimate of drug-likeness (QED) is 0.374. The second kappa shape index (κ2) is 14.5. The zero-order valence-corrected chi connectivity index (χ0v) is 19.6. The van der Waals surface area contributed by atoms with Crippen molar-refractivity contribution in [3.05, 3.63) is 29.8 Å². The van der Waals surface area contributed by atoms with Crippen molar-refractivity contribution in [2.75, 3.05) is 77.7 Å². The van der Waals surface area contributed by atoms with Gasteiger partial charge in [0.2, 0.25) is 0 Å². The van der Waals surface area contributed by atoms with Crippen molar-refractivity contribution in [3.63, 3.8) is 0 Å². The van der Waals surface area contributed by atoms with Gasteiger partial charge in [0.25, 0.3) is 0 Å². The van der Waals surface area contributed by atoms with Gasteiger partial charge < -0.3 is 21.1 Å². The normalized spacial score (nSPS) is 18.8. The molecule has 5 N–H and O–H groups in total. The number of aliphatic carboxylic acids is 3. The summed E-state index contributed by atoms with van der Waals surface area (Å²) in [5.41, 5.74) is 7.59. The van der Waals surface area contributed by atoms with Gasteiger partial charge in [-0.3, -0.25) is 34.0 Å². The maximum Gasteiger partial charge on any atom is 0.317 e. The molecule has 0 amide bonds. The Bertz CT molecular complexity index is 791. The molecule has 0 radical (unpaired) electrons. The van der Waals surface area contributed by atoms with Crippen LogP contribution in [0.4, 0.5) is 5.69 Å². The van der Waals surface area contributed by atoms with Crippen molar-refractivity contribution >= 4 is 23.6 Å². The molecule has 0 aromatic heterocycles.